The molecular weight excluding hydrogens is 360 g/mol. The van der Waals surface area contributed by atoms with Crippen LogP contribution in [0.5, 0.6) is 5.75 Å². The highest BCUT2D eigenvalue weighted by Gasteiger charge is 2.04. The average Bonchev–Trinajstić information content (AvgIpc) is 2.38. The van der Waals surface area contributed by atoms with Gasteiger partial charge in [-0.2, -0.15) is 5.26 Å². The summed E-state index contributed by atoms with van der Waals surface area (Å²) in [6.45, 7) is 10.1. The molecule has 0 aliphatic carbocycles. The zero-order valence-electron chi connectivity index (χ0n) is 10.9. The number of rotatable bonds is 3. The SMILES string of the molecule is CCN(CC)CC.N#Cc1cc(Br)c(O)c(Br)c1. The van der Waals surface area contributed by atoms with Crippen LogP contribution in [-0.4, -0.2) is 29.6 Å². The molecule has 0 bridgehead atoms. The largest absolute Gasteiger partial charge is 0.506 e. The normalized spacial score (nSPS) is 9.61. The van der Waals surface area contributed by atoms with E-state index in [1.807, 2.05) is 6.07 Å². The highest BCUT2D eigenvalue weighted by molar-refractivity contribution is 9.11. The number of phenolic OH excluding ortho intramolecular Hbond substituents is 1. The van der Waals surface area contributed by atoms with Gasteiger partial charge in [0.15, 0.2) is 0 Å². The van der Waals surface area contributed by atoms with Gasteiger partial charge in [-0.3, -0.25) is 0 Å². The molecule has 5 heteroatoms. The van der Waals surface area contributed by atoms with Gasteiger partial charge in [0.05, 0.1) is 20.6 Å². The van der Waals surface area contributed by atoms with Gasteiger partial charge < -0.3 is 10.0 Å². The standard InChI is InChI=1S/C7H3Br2NO.C6H15N/c8-5-1-4(3-10)2-6(9)7(5)11;1-4-7(5-2)6-3/h1-2,11H;4-6H2,1-3H3. The maximum Gasteiger partial charge on any atom is 0.144 e. The second-order valence-electron chi connectivity index (χ2n) is 3.52. The van der Waals surface area contributed by atoms with E-state index >= 15 is 0 Å². The summed E-state index contributed by atoms with van der Waals surface area (Å²) in [5.41, 5.74) is 0.501. The summed E-state index contributed by atoms with van der Waals surface area (Å²) in [5.74, 6) is 0.115. The molecule has 1 rings (SSSR count). The molecule has 0 saturated heterocycles. The zero-order valence-corrected chi connectivity index (χ0v) is 14.0. The summed E-state index contributed by atoms with van der Waals surface area (Å²) >= 11 is 6.21. The van der Waals surface area contributed by atoms with Crippen molar-refractivity contribution in [1.82, 2.24) is 4.90 Å². The molecule has 0 atom stereocenters. The van der Waals surface area contributed by atoms with Crippen molar-refractivity contribution in [2.45, 2.75) is 20.8 Å². The van der Waals surface area contributed by atoms with Gasteiger partial charge in [-0.15, -0.1) is 0 Å². The summed E-state index contributed by atoms with van der Waals surface area (Å²) in [4.78, 5) is 2.38. The van der Waals surface area contributed by atoms with Crippen molar-refractivity contribution in [3.05, 3.63) is 26.6 Å². The van der Waals surface area contributed by atoms with Crippen LogP contribution in [0.4, 0.5) is 0 Å². The first kappa shape index (κ1) is 17.4. The van der Waals surface area contributed by atoms with Crippen LogP contribution in [0, 0.1) is 11.3 Å². The number of nitriles is 1. The van der Waals surface area contributed by atoms with Crippen LogP contribution in [0.3, 0.4) is 0 Å². The van der Waals surface area contributed by atoms with Crippen molar-refractivity contribution < 1.29 is 5.11 Å². The molecule has 0 aromatic heterocycles. The van der Waals surface area contributed by atoms with Crippen LogP contribution in [0.15, 0.2) is 21.1 Å². The summed E-state index contributed by atoms with van der Waals surface area (Å²) in [6.07, 6.45) is 0. The molecule has 3 nitrogen and oxygen atoms in total. The number of hydrogen-bond acceptors (Lipinski definition) is 3. The maximum atomic E-state index is 9.22. The molecule has 0 fully saturated rings. The number of hydrogen-bond donors (Lipinski definition) is 1. The van der Waals surface area contributed by atoms with Gasteiger partial charge in [0.2, 0.25) is 0 Å². The second kappa shape index (κ2) is 9.37. The van der Waals surface area contributed by atoms with Crippen LogP contribution >= 0.6 is 31.9 Å². The van der Waals surface area contributed by atoms with E-state index in [1.54, 1.807) is 12.1 Å². The fourth-order valence-corrected chi connectivity index (χ4v) is 2.49. The highest BCUT2D eigenvalue weighted by Crippen LogP contribution is 2.32. The lowest BCUT2D eigenvalue weighted by Crippen LogP contribution is -2.21. The first-order chi connectivity index (χ1) is 8.49. The van der Waals surface area contributed by atoms with E-state index in [2.05, 4.69) is 57.5 Å². The number of benzene rings is 1. The van der Waals surface area contributed by atoms with Crippen molar-refractivity contribution >= 4 is 31.9 Å². The summed E-state index contributed by atoms with van der Waals surface area (Å²) in [5, 5.41) is 17.7. The van der Waals surface area contributed by atoms with Gasteiger partial charge in [0.1, 0.15) is 5.75 Å². The third kappa shape index (κ3) is 5.85. The Labute approximate surface area is 126 Å². The van der Waals surface area contributed by atoms with Gasteiger partial charge in [0.25, 0.3) is 0 Å². The average molecular weight is 378 g/mol. The van der Waals surface area contributed by atoms with E-state index in [1.165, 1.54) is 19.6 Å². The van der Waals surface area contributed by atoms with E-state index in [4.69, 9.17) is 5.26 Å². The molecule has 1 aromatic rings. The number of aromatic hydroxyl groups is 1. The molecule has 0 saturated carbocycles. The fourth-order valence-electron chi connectivity index (χ4n) is 1.30. The van der Waals surface area contributed by atoms with E-state index in [9.17, 15) is 5.11 Å². The lowest BCUT2D eigenvalue weighted by Gasteiger charge is -2.13. The maximum absolute atomic E-state index is 9.22. The smallest absolute Gasteiger partial charge is 0.144 e. The van der Waals surface area contributed by atoms with Gasteiger partial charge in [0, 0.05) is 0 Å². The summed E-state index contributed by atoms with van der Waals surface area (Å²) < 4.78 is 1.03. The minimum atomic E-state index is 0.115. The summed E-state index contributed by atoms with van der Waals surface area (Å²) in [6, 6.07) is 5.08. The van der Waals surface area contributed by atoms with Crippen LogP contribution in [0.2, 0.25) is 0 Å². The molecule has 1 aromatic carbocycles. The van der Waals surface area contributed by atoms with Gasteiger partial charge >= 0.3 is 0 Å². The number of nitrogens with zero attached hydrogens (tertiary/aromatic N) is 2. The molecule has 0 amide bonds. The molecule has 0 radical (unpaired) electrons. The molecule has 18 heavy (non-hydrogen) atoms. The van der Waals surface area contributed by atoms with Crippen molar-refractivity contribution in [3.8, 4) is 11.8 Å². The van der Waals surface area contributed by atoms with Crippen molar-refractivity contribution in [2.24, 2.45) is 0 Å². The third-order valence-electron chi connectivity index (χ3n) is 2.49. The van der Waals surface area contributed by atoms with Crippen molar-refractivity contribution in [1.29, 1.82) is 5.26 Å². The molecule has 1 N–H and O–H groups in total. The Kier molecular flexibility index (Phi) is 9.08. The molecule has 0 unspecified atom stereocenters. The lowest BCUT2D eigenvalue weighted by molar-refractivity contribution is 0.321. The molecule has 0 aliphatic rings. The van der Waals surface area contributed by atoms with Gasteiger partial charge in [-0.25, -0.2) is 0 Å². The number of halogens is 2. The first-order valence-corrected chi connectivity index (χ1v) is 7.39. The quantitative estimate of drug-likeness (QED) is 0.860. The van der Waals surface area contributed by atoms with Crippen molar-refractivity contribution in [3.63, 3.8) is 0 Å². The molecule has 0 heterocycles. The Balaban J connectivity index is 0.000000360. The van der Waals surface area contributed by atoms with Crippen LogP contribution < -0.4 is 0 Å². The predicted octanol–water partition coefficient (Wildman–Crippen LogP) is 4.14. The van der Waals surface area contributed by atoms with Gasteiger partial charge in [-0.1, -0.05) is 20.8 Å². The van der Waals surface area contributed by atoms with E-state index in [0.717, 1.165) is 0 Å². The third-order valence-corrected chi connectivity index (χ3v) is 3.70. The Morgan fingerprint density at radius 3 is 1.72 bits per heavy atom. The minimum Gasteiger partial charge on any atom is -0.506 e. The molecule has 0 spiro atoms. The second-order valence-corrected chi connectivity index (χ2v) is 5.23. The van der Waals surface area contributed by atoms with E-state index in [0.29, 0.717) is 14.5 Å². The Hall–Kier alpha value is -0.570. The Morgan fingerprint density at radius 1 is 1.11 bits per heavy atom. The Bertz CT molecular complexity index is 383. The molecule has 0 aliphatic heterocycles. The first-order valence-electron chi connectivity index (χ1n) is 5.80. The monoisotopic (exact) mass is 376 g/mol. The Morgan fingerprint density at radius 2 is 1.50 bits per heavy atom. The molecule has 100 valence electrons. The van der Waals surface area contributed by atoms with E-state index < -0.39 is 0 Å². The van der Waals surface area contributed by atoms with Crippen LogP contribution in [-0.2, 0) is 0 Å². The molecular formula is C13H18Br2N2O. The lowest BCUT2D eigenvalue weighted by atomic mass is 10.2. The topological polar surface area (TPSA) is 47.3 Å². The highest BCUT2D eigenvalue weighted by atomic mass is 79.9. The van der Waals surface area contributed by atoms with Crippen LogP contribution in [0.1, 0.15) is 26.3 Å². The van der Waals surface area contributed by atoms with Crippen molar-refractivity contribution in [2.75, 3.05) is 19.6 Å². The van der Waals surface area contributed by atoms with Crippen LogP contribution in [0.25, 0.3) is 0 Å². The predicted molar refractivity (Wildman–Crippen MR) is 81.7 cm³/mol. The number of phenols is 1. The minimum absolute atomic E-state index is 0.115. The summed E-state index contributed by atoms with van der Waals surface area (Å²) in [7, 11) is 0. The fraction of sp³-hybridized carbons (Fsp3) is 0.462. The van der Waals surface area contributed by atoms with E-state index in [-0.39, 0.29) is 5.75 Å². The zero-order chi connectivity index (χ0) is 14.1. The van der Waals surface area contributed by atoms with Gasteiger partial charge in [-0.05, 0) is 63.6 Å².